The average molecular weight is 779 g/mol. The van der Waals surface area contributed by atoms with Crippen molar-refractivity contribution >= 4 is 17.0 Å². The summed E-state index contributed by atoms with van der Waals surface area (Å²) in [6.45, 7) is 24.4. The molecule has 0 aromatic heterocycles. The van der Waals surface area contributed by atoms with Gasteiger partial charge in [0.2, 0.25) is 0 Å². The van der Waals surface area contributed by atoms with E-state index in [1.165, 1.54) is 35.1 Å². The molecule has 6 rings (SSSR count). The Bertz CT molecular complexity index is 1390. The molecular weight excluding hydrogens is 715 g/mol. The van der Waals surface area contributed by atoms with Crippen molar-refractivity contribution in [1.29, 1.82) is 0 Å². The van der Waals surface area contributed by atoms with E-state index in [9.17, 15) is 0 Å². The van der Waals surface area contributed by atoms with Crippen LogP contribution >= 0.6 is 17.0 Å². The van der Waals surface area contributed by atoms with Crippen molar-refractivity contribution < 1.29 is 20.8 Å². The third-order valence-electron chi connectivity index (χ3n) is 12.4. The van der Waals surface area contributed by atoms with Crippen LogP contribution in [0.2, 0.25) is 0 Å². The second kappa shape index (κ2) is 16.3. The number of rotatable bonds is 4. The topological polar surface area (TPSA) is 0 Å². The van der Waals surface area contributed by atoms with Crippen LogP contribution < -0.4 is 0 Å². The fourth-order valence-electron chi connectivity index (χ4n) is 10.00. The summed E-state index contributed by atoms with van der Waals surface area (Å²) in [7, 11) is 9.87. The first-order chi connectivity index (χ1) is 22.0. The summed E-state index contributed by atoms with van der Waals surface area (Å²) < 4.78 is 0. The molecule has 4 aliphatic carbocycles. The molecule has 266 valence electrons. The van der Waals surface area contributed by atoms with Crippen LogP contribution in [0.4, 0.5) is 0 Å². The second-order valence-corrected chi connectivity index (χ2v) is 21.8. The van der Waals surface area contributed by atoms with Crippen molar-refractivity contribution in [3.8, 4) is 0 Å². The van der Waals surface area contributed by atoms with E-state index in [0.717, 1.165) is 5.92 Å². The van der Waals surface area contributed by atoms with Gasteiger partial charge in [0.1, 0.15) is 0 Å². The van der Waals surface area contributed by atoms with Crippen molar-refractivity contribution in [3.63, 3.8) is 0 Å². The first kappa shape index (κ1) is 42.3. The molecule has 2 fully saturated rings. The number of halogens is 2. The Morgan fingerprint density at radius 3 is 1.31 bits per heavy atom. The van der Waals surface area contributed by atoms with Crippen LogP contribution in [-0.4, -0.2) is 0 Å². The Morgan fingerprint density at radius 1 is 0.592 bits per heavy atom. The zero-order valence-corrected chi connectivity index (χ0v) is 36.5. The standard InChI is InChI=1S/C44H58.2CH3.2ClH.Zr/c1-29-25-34(43(8,9)10)28-39(29)44(30-17-13-11-14-18-30,31-19-15-12-16-20-31)40-37-26-32(41(2,3)4)21-23-35(37)36-24-22-33(27-38(36)40)42(5,6)7;;;;;/h11-24,26-27,29,34-40H,25,28H2,1-10H3;2*1H3;2*1H;/q;2*-1;;;+4/p-2. The van der Waals surface area contributed by atoms with E-state index < -0.39 is 20.8 Å². The van der Waals surface area contributed by atoms with Crippen molar-refractivity contribution in [1.82, 2.24) is 0 Å². The number of benzene rings is 2. The van der Waals surface area contributed by atoms with Gasteiger partial charge in [-0.25, -0.2) is 0 Å². The zero-order valence-electron chi connectivity index (χ0n) is 32.5. The van der Waals surface area contributed by atoms with Gasteiger partial charge in [0.15, 0.2) is 0 Å². The van der Waals surface area contributed by atoms with Crippen molar-refractivity contribution in [3.05, 3.63) is 134 Å². The minimum atomic E-state index is -0.826. The molecule has 0 saturated heterocycles. The summed E-state index contributed by atoms with van der Waals surface area (Å²) in [6.07, 6.45) is 18.3. The summed E-state index contributed by atoms with van der Waals surface area (Å²) in [5, 5.41) is 0. The molecule has 7 unspecified atom stereocenters. The van der Waals surface area contributed by atoms with Crippen LogP contribution in [0.25, 0.3) is 0 Å². The van der Waals surface area contributed by atoms with Gasteiger partial charge in [-0.3, -0.25) is 0 Å². The van der Waals surface area contributed by atoms with E-state index in [1.54, 1.807) is 0 Å². The maximum absolute atomic E-state index is 4.93. The molecule has 0 nitrogen and oxygen atoms in total. The molecule has 0 spiro atoms. The number of allylic oxidation sites excluding steroid dienone is 8. The van der Waals surface area contributed by atoms with Gasteiger partial charge >= 0.3 is 37.9 Å². The Balaban J connectivity index is 0.00000126. The number of fused-ring (bicyclic) bond motifs is 3. The molecule has 4 aliphatic rings. The molecule has 0 N–H and O–H groups in total. The zero-order chi connectivity index (χ0) is 34.4. The van der Waals surface area contributed by atoms with E-state index in [2.05, 4.69) is 166 Å². The molecule has 2 aromatic rings. The van der Waals surface area contributed by atoms with Crippen molar-refractivity contribution in [2.45, 2.75) is 87.5 Å². The molecule has 7 atom stereocenters. The quantitative estimate of drug-likeness (QED) is 0.271. The average Bonchev–Trinajstić information content (AvgIpc) is 3.57. The van der Waals surface area contributed by atoms with Crippen molar-refractivity contribution in [2.24, 2.45) is 63.6 Å². The van der Waals surface area contributed by atoms with Gasteiger partial charge in [0.25, 0.3) is 0 Å². The van der Waals surface area contributed by atoms with Gasteiger partial charge in [-0.05, 0) is 98.7 Å². The molecule has 0 bridgehead atoms. The predicted molar refractivity (Wildman–Crippen MR) is 214 cm³/mol. The van der Waals surface area contributed by atoms with Crippen molar-refractivity contribution in [2.75, 3.05) is 0 Å². The molecule has 2 aromatic carbocycles. The summed E-state index contributed by atoms with van der Waals surface area (Å²) in [5.74, 6) is 4.39. The van der Waals surface area contributed by atoms with Crippen LogP contribution in [0.1, 0.15) is 93.2 Å². The molecule has 0 heterocycles. The molecule has 0 amide bonds. The third-order valence-corrected chi connectivity index (χ3v) is 12.4. The van der Waals surface area contributed by atoms with Gasteiger partial charge < -0.3 is 14.9 Å². The summed E-state index contributed by atoms with van der Waals surface area (Å²) in [5.41, 5.74) is 6.54. The Morgan fingerprint density at radius 2 is 0.980 bits per heavy atom. The molecule has 0 aliphatic heterocycles. The SMILES string of the molecule is CC1CC(C(C)(C)C)CC1C(c1ccccc1)(c1ccccc1)C1C2C=C(C(C)(C)C)C=CC2C2C=CC(C(C)(C)C)=CC21.[CH3-].[CH3-].[Cl][Zr+2][Cl]. The van der Waals surface area contributed by atoms with E-state index in [1.807, 2.05) is 0 Å². The minimum absolute atomic E-state index is 0. The van der Waals surface area contributed by atoms with Gasteiger partial charge in [0, 0.05) is 5.41 Å². The maximum atomic E-state index is 4.93. The Hall–Kier alpha value is -1.14. The van der Waals surface area contributed by atoms with E-state index in [4.69, 9.17) is 17.0 Å². The van der Waals surface area contributed by atoms with Gasteiger partial charge in [-0.1, -0.05) is 166 Å². The molecule has 49 heavy (non-hydrogen) atoms. The molecule has 3 heteroatoms. The van der Waals surface area contributed by atoms with E-state index in [0.29, 0.717) is 46.8 Å². The number of hydrogen-bond acceptors (Lipinski definition) is 0. The van der Waals surface area contributed by atoms with Crippen LogP contribution in [0.5, 0.6) is 0 Å². The normalized spacial score (nSPS) is 29.1. The fourth-order valence-corrected chi connectivity index (χ4v) is 10.00. The van der Waals surface area contributed by atoms with Crippen LogP contribution in [0.3, 0.4) is 0 Å². The number of hydrogen-bond donors (Lipinski definition) is 0. The Kier molecular flexibility index (Phi) is 14.0. The molecule has 0 radical (unpaired) electrons. The fraction of sp³-hybridized carbons (Fsp3) is 0.522. The second-order valence-electron chi connectivity index (χ2n) is 18.1. The first-order valence-corrected chi connectivity index (χ1v) is 24.3. The van der Waals surface area contributed by atoms with Gasteiger partial charge in [0.05, 0.1) is 0 Å². The monoisotopic (exact) mass is 776 g/mol. The summed E-state index contributed by atoms with van der Waals surface area (Å²) >= 11 is -0.826. The summed E-state index contributed by atoms with van der Waals surface area (Å²) in [6, 6.07) is 23.7. The van der Waals surface area contributed by atoms with Crippen LogP contribution in [0, 0.1) is 78.4 Å². The molecule has 2 saturated carbocycles. The van der Waals surface area contributed by atoms with Gasteiger partial charge in [-0.2, -0.15) is 0 Å². The summed E-state index contributed by atoms with van der Waals surface area (Å²) in [4.78, 5) is 0. The Labute approximate surface area is 321 Å². The predicted octanol–water partition coefficient (Wildman–Crippen LogP) is 14.1. The van der Waals surface area contributed by atoms with E-state index in [-0.39, 0.29) is 31.1 Å². The molecular formula is C46H64Cl2Zr. The van der Waals surface area contributed by atoms with E-state index >= 15 is 0 Å². The van der Waals surface area contributed by atoms with Gasteiger partial charge in [-0.15, -0.1) is 0 Å². The first-order valence-electron chi connectivity index (χ1n) is 17.9. The third kappa shape index (κ3) is 8.26. The van der Waals surface area contributed by atoms with Crippen LogP contribution in [-0.2, 0) is 26.3 Å². The van der Waals surface area contributed by atoms with Crippen LogP contribution in [0.15, 0.2) is 108 Å².